The molecule has 0 aliphatic rings. The molecule has 0 aliphatic heterocycles. The molecule has 0 saturated heterocycles. The van der Waals surface area contributed by atoms with E-state index in [1.54, 1.807) is 12.1 Å². The zero-order chi connectivity index (χ0) is 15.4. The van der Waals surface area contributed by atoms with Crippen molar-refractivity contribution in [1.82, 2.24) is 0 Å². The fraction of sp³-hybridized carbons (Fsp3) is 0.125. The highest BCUT2D eigenvalue weighted by Crippen LogP contribution is 2.22. The molecule has 2 aromatic carbocycles. The average molecular weight is 304 g/mol. The lowest BCUT2D eigenvalue weighted by Crippen LogP contribution is -2.16. The van der Waals surface area contributed by atoms with Crippen LogP contribution in [0.4, 0.5) is 5.69 Å². The molecule has 0 aromatic heterocycles. The number of rotatable bonds is 4. The Labute approximate surface area is 127 Å². The zero-order valence-electron chi connectivity index (χ0n) is 11.4. The molecule has 0 spiro atoms. The van der Waals surface area contributed by atoms with Crippen LogP contribution in [0.25, 0.3) is 0 Å². The van der Waals surface area contributed by atoms with E-state index in [4.69, 9.17) is 16.7 Å². The van der Waals surface area contributed by atoms with E-state index in [1.807, 2.05) is 19.1 Å². The van der Waals surface area contributed by atoms with Gasteiger partial charge < -0.3 is 10.4 Å². The molecule has 4 nitrogen and oxygen atoms in total. The first-order valence-corrected chi connectivity index (χ1v) is 6.82. The van der Waals surface area contributed by atoms with Crippen LogP contribution in [-0.2, 0) is 6.42 Å². The average Bonchev–Trinajstić information content (AvgIpc) is 2.48. The number of hydrogen-bond acceptors (Lipinski definition) is 2. The number of aromatic carboxylic acids is 1. The molecule has 0 bridgehead atoms. The Balaban J connectivity index is 2.34. The van der Waals surface area contributed by atoms with E-state index in [-0.39, 0.29) is 17.2 Å². The number of benzene rings is 2. The number of nitrogens with one attached hydrogen (secondary N) is 1. The lowest BCUT2D eigenvalue weighted by molar-refractivity contribution is 0.0698. The molecule has 0 fully saturated rings. The maximum absolute atomic E-state index is 12.3. The van der Waals surface area contributed by atoms with Gasteiger partial charge in [0.25, 0.3) is 5.91 Å². The van der Waals surface area contributed by atoms with E-state index >= 15 is 0 Å². The molecule has 1 amide bonds. The minimum atomic E-state index is -1.14. The Hall–Kier alpha value is -2.33. The zero-order valence-corrected chi connectivity index (χ0v) is 12.1. The van der Waals surface area contributed by atoms with Crippen LogP contribution >= 0.6 is 11.6 Å². The van der Waals surface area contributed by atoms with E-state index in [2.05, 4.69) is 5.32 Å². The van der Waals surface area contributed by atoms with Crippen LogP contribution < -0.4 is 5.32 Å². The third kappa shape index (κ3) is 3.41. The third-order valence-electron chi connectivity index (χ3n) is 3.10. The van der Waals surface area contributed by atoms with Crippen molar-refractivity contribution in [3.8, 4) is 0 Å². The van der Waals surface area contributed by atoms with Crippen LogP contribution in [-0.4, -0.2) is 17.0 Å². The molecule has 0 unspecified atom stereocenters. The molecule has 108 valence electrons. The van der Waals surface area contributed by atoms with E-state index in [9.17, 15) is 9.59 Å². The van der Waals surface area contributed by atoms with Gasteiger partial charge in [-0.25, -0.2) is 4.79 Å². The Morgan fingerprint density at radius 3 is 2.52 bits per heavy atom. The lowest BCUT2D eigenvalue weighted by Gasteiger charge is -2.11. The summed E-state index contributed by atoms with van der Waals surface area (Å²) >= 11 is 5.79. The van der Waals surface area contributed by atoms with E-state index in [0.29, 0.717) is 10.6 Å². The largest absolute Gasteiger partial charge is 0.478 e. The Bertz CT molecular complexity index is 698. The standard InChI is InChI=1S/C16H14ClNO3/c1-2-10-5-3-4-6-12(10)15(19)18-14-8-7-11(17)9-13(14)16(20)21/h3-9H,2H2,1H3,(H,18,19)(H,20,21). The summed E-state index contributed by atoms with van der Waals surface area (Å²) in [6, 6.07) is 11.5. The van der Waals surface area contributed by atoms with E-state index in [1.165, 1.54) is 18.2 Å². The number of carbonyl (C=O) groups excluding carboxylic acids is 1. The second-order valence-electron chi connectivity index (χ2n) is 4.46. The number of aryl methyl sites for hydroxylation is 1. The van der Waals surface area contributed by atoms with Gasteiger partial charge in [0.2, 0.25) is 0 Å². The van der Waals surface area contributed by atoms with Crippen molar-refractivity contribution in [3.05, 3.63) is 64.2 Å². The summed E-state index contributed by atoms with van der Waals surface area (Å²) in [5.74, 6) is -1.48. The van der Waals surface area contributed by atoms with Crippen molar-refractivity contribution in [2.24, 2.45) is 0 Å². The van der Waals surface area contributed by atoms with Crippen molar-refractivity contribution in [3.63, 3.8) is 0 Å². The first kappa shape index (κ1) is 15.1. The van der Waals surface area contributed by atoms with Gasteiger partial charge in [-0.05, 0) is 36.2 Å². The van der Waals surface area contributed by atoms with Crippen molar-refractivity contribution in [2.45, 2.75) is 13.3 Å². The van der Waals surface area contributed by atoms with Crippen LogP contribution in [0.2, 0.25) is 5.02 Å². The number of hydrogen-bond donors (Lipinski definition) is 2. The molecule has 0 heterocycles. The maximum atomic E-state index is 12.3. The van der Waals surface area contributed by atoms with Crippen LogP contribution in [0.1, 0.15) is 33.2 Å². The highest BCUT2D eigenvalue weighted by atomic mass is 35.5. The number of carbonyl (C=O) groups is 2. The topological polar surface area (TPSA) is 66.4 Å². The first-order chi connectivity index (χ1) is 10.0. The van der Waals surface area contributed by atoms with Crippen LogP contribution in [0.3, 0.4) is 0 Å². The normalized spacial score (nSPS) is 10.2. The maximum Gasteiger partial charge on any atom is 0.337 e. The fourth-order valence-corrected chi connectivity index (χ4v) is 2.21. The van der Waals surface area contributed by atoms with Gasteiger partial charge in [0.15, 0.2) is 0 Å². The number of carboxylic acid groups (broad SMARTS) is 1. The van der Waals surface area contributed by atoms with Crippen molar-refractivity contribution < 1.29 is 14.7 Å². The van der Waals surface area contributed by atoms with E-state index < -0.39 is 5.97 Å². The number of anilines is 1. The predicted molar refractivity (Wildman–Crippen MR) is 82.2 cm³/mol. The molecule has 0 saturated carbocycles. The third-order valence-corrected chi connectivity index (χ3v) is 3.34. The number of halogens is 1. The summed E-state index contributed by atoms with van der Waals surface area (Å²) < 4.78 is 0. The van der Waals surface area contributed by atoms with Gasteiger partial charge in [0.1, 0.15) is 0 Å². The van der Waals surface area contributed by atoms with Gasteiger partial charge in [-0.2, -0.15) is 0 Å². The first-order valence-electron chi connectivity index (χ1n) is 6.45. The lowest BCUT2D eigenvalue weighted by atomic mass is 10.0. The molecule has 2 N–H and O–H groups in total. The smallest absolute Gasteiger partial charge is 0.337 e. The summed E-state index contributed by atoms with van der Waals surface area (Å²) in [6.07, 6.45) is 0.718. The molecule has 0 aliphatic carbocycles. The van der Waals surface area contributed by atoms with Crippen molar-refractivity contribution >= 4 is 29.2 Å². The molecular weight excluding hydrogens is 290 g/mol. The second kappa shape index (κ2) is 6.41. The van der Waals surface area contributed by atoms with Crippen LogP contribution in [0, 0.1) is 0 Å². The summed E-state index contributed by atoms with van der Waals surface area (Å²) in [5, 5.41) is 12.1. The quantitative estimate of drug-likeness (QED) is 0.901. The monoisotopic (exact) mass is 303 g/mol. The molecule has 5 heteroatoms. The van der Waals surface area contributed by atoms with Crippen molar-refractivity contribution in [1.29, 1.82) is 0 Å². The minimum Gasteiger partial charge on any atom is -0.478 e. The highest BCUT2D eigenvalue weighted by Gasteiger charge is 2.15. The van der Waals surface area contributed by atoms with Crippen molar-refractivity contribution in [2.75, 3.05) is 5.32 Å². The highest BCUT2D eigenvalue weighted by molar-refractivity contribution is 6.31. The molecule has 2 rings (SSSR count). The summed E-state index contributed by atoms with van der Waals surface area (Å²) in [6.45, 7) is 1.96. The van der Waals surface area contributed by atoms with Gasteiger partial charge in [-0.15, -0.1) is 0 Å². The molecule has 0 atom stereocenters. The van der Waals surface area contributed by atoms with Gasteiger partial charge >= 0.3 is 5.97 Å². The summed E-state index contributed by atoms with van der Waals surface area (Å²) in [5.41, 5.74) is 1.62. The Kier molecular flexibility index (Phi) is 4.60. The molecular formula is C16H14ClNO3. The fourth-order valence-electron chi connectivity index (χ4n) is 2.04. The predicted octanol–water partition coefficient (Wildman–Crippen LogP) is 3.85. The Morgan fingerprint density at radius 2 is 1.86 bits per heavy atom. The Morgan fingerprint density at radius 1 is 1.14 bits per heavy atom. The molecule has 2 aromatic rings. The summed E-state index contributed by atoms with van der Waals surface area (Å²) in [4.78, 5) is 23.5. The SMILES string of the molecule is CCc1ccccc1C(=O)Nc1ccc(Cl)cc1C(=O)O. The second-order valence-corrected chi connectivity index (χ2v) is 4.90. The van der Waals surface area contributed by atoms with E-state index in [0.717, 1.165) is 12.0 Å². The van der Waals surface area contributed by atoms with Gasteiger partial charge in [-0.3, -0.25) is 4.79 Å². The van der Waals surface area contributed by atoms with Gasteiger partial charge in [-0.1, -0.05) is 36.7 Å². The summed E-state index contributed by atoms with van der Waals surface area (Å²) in [7, 11) is 0. The number of carboxylic acids is 1. The van der Waals surface area contributed by atoms with Crippen LogP contribution in [0.15, 0.2) is 42.5 Å². The minimum absolute atomic E-state index is 0.0372. The molecule has 0 radical (unpaired) electrons. The van der Waals surface area contributed by atoms with Gasteiger partial charge in [0, 0.05) is 10.6 Å². The number of amides is 1. The molecule has 21 heavy (non-hydrogen) atoms. The van der Waals surface area contributed by atoms with Gasteiger partial charge in [0.05, 0.1) is 11.3 Å². The van der Waals surface area contributed by atoms with Crippen LogP contribution in [0.5, 0.6) is 0 Å².